The summed E-state index contributed by atoms with van der Waals surface area (Å²) < 4.78 is 5.29. The van der Waals surface area contributed by atoms with Gasteiger partial charge in [0.15, 0.2) is 0 Å². The molecule has 0 unspecified atom stereocenters. The van der Waals surface area contributed by atoms with Gasteiger partial charge >= 0.3 is 0 Å². The van der Waals surface area contributed by atoms with Crippen LogP contribution >= 0.6 is 0 Å². The van der Waals surface area contributed by atoms with Gasteiger partial charge in [-0.3, -0.25) is 9.89 Å². The number of nitrogens with one attached hydrogen (secondary N) is 2. The van der Waals surface area contributed by atoms with E-state index >= 15 is 0 Å². The highest BCUT2D eigenvalue weighted by molar-refractivity contribution is 5.76. The Balaban J connectivity index is 1.75. The number of carbonyl (C=O) groups excluding carboxylic acids is 1. The molecule has 0 bridgehead atoms. The third kappa shape index (κ3) is 5.04. The Morgan fingerprint density at radius 1 is 1.24 bits per heavy atom. The Kier molecular flexibility index (Phi) is 5.97. The number of amides is 1. The number of rotatable bonds is 8. The highest BCUT2D eigenvalue weighted by Gasteiger charge is 2.02. The van der Waals surface area contributed by atoms with Gasteiger partial charge in [-0.25, -0.2) is 0 Å². The second kappa shape index (κ2) is 8.21. The van der Waals surface area contributed by atoms with Crippen LogP contribution in [-0.4, -0.2) is 29.3 Å². The number of H-pyrrole nitrogens is 1. The van der Waals surface area contributed by atoms with Gasteiger partial charge in [0.2, 0.25) is 5.91 Å². The third-order valence-electron chi connectivity index (χ3n) is 3.08. The highest BCUT2D eigenvalue weighted by Crippen LogP contribution is 2.16. The zero-order valence-corrected chi connectivity index (χ0v) is 12.3. The van der Waals surface area contributed by atoms with Gasteiger partial charge in [-0.2, -0.15) is 5.10 Å². The fourth-order valence-corrected chi connectivity index (χ4v) is 1.92. The van der Waals surface area contributed by atoms with E-state index in [4.69, 9.17) is 4.74 Å². The van der Waals surface area contributed by atoms with Crippen molar-refractivity contribution >= 4 is 5.91 Å². The number of hydrogen-bond donors (Lipinski definition) is 2. The molecule has 112 valence electrons. The third-order valence-corrected chi connectivity index (χ3v) is 3.08. The Labute approximate surface area is 124 Å². The average Bonchev–Trinajstić information content (AvgIpc) is 3.04. The molecule has 1 aromatic heterocycles. The average molecular weight is 287 g/mol. The Morgan fingerprint density at radius 3 is 2.71 bits per heavy atom. The molecule has 1 heterocycles. The Hall–Kier alpha value is -2.14. The van der Waals surface area contributed by atoms with E-state index < -0.39 is 0 Å². The van der Waals surface area contributed by atoms with Gasteiger partial charge in [-0.1, -0.05) is 31.2 Å². The molecule has 5 nitrogen and oxygen atoms in total. The lowest BCUT2D eigenvalue weighted by Crippen LogP contribution is -2.23. The number of hydrogen-bond acceptors (Lipinski definition) is 3. The molecule has 0 radical (unpaired) electrons. The van der Waals surface area contributed by atoms with Crippen LogP contribution < -0.4 is 5.32 Å². The van der Waals surface area contributed by atoms with Crippen molar-refractivity contribution in [2.75, 3.05) is 13.2 Å². The number of ether oxygens (including phenoxy) is 1. The molecular weight excluding hydrogens is 266 g/mol. The molecule has 21 heavy (non-hydrogen) atoms. The van der Waals surface area contributed by atoms with Crippen LogP contribution in [0.25, 0.3) is 11.3 Å². The first kappa shape index (κ1) is 15.3. The predicted molar refractivity (Wildman–Crippen MR) is 81.6 cm³/mol. The summed E-state index contributed by atoms with van der Waals surface area (Å²) in [5.41, 5.74) is 3.13. The van der Waals surface area contributed by atoms with Gasteiger partial charge in [0.05, 0.1) is 12.3 Å². The predicted octanol–water partition coefficient (Wildman–Crippen LogP) is 2.51. The topological polar surface area (TPSA) is 67.0 Å². The normalized spacial score (nSPS) is 10.5. The zero-order chi connectivity index (χ0) is 14.9. The van der Waals surface area contributed by atoms with Crippen molar-refractivity contribution in [1.29, 1.82) is 0 Å². The first-order valence-electron chi connectivity index (χ1n) is 7.22. The SMILES string of the molecule is CCCOCCC(=O)NCc1ccc(-c2ccn[nH]2)cc1. The highest BCUT2D eigenvalue weighted by atomic mass is 16.5. The van der Waals surface area contributed by atoms with Crippen LogP contribution in [0.1, 0.15) is 25.3 Å². The van der Waals surface area contributed by atoms with E-state index in [1.807, 2.05) is 37.3 Å². The van der Waals surface area contributed by atoms with Crippen LogP contribution in [0.5, 0.6) is 0 Å². The van der Waals surface area contributed by atoms with Crippen molar-refractivity contribution in [2.45, 2.75) is 26.3 Å². The molecule has 2 aromatic rings. The van der Waals surface area contributed by atoms with Gasteiger partial charge < -0.3 is 10.1 Å². The van der Waals surface area contributed by atoms with Crippen molar-refractivity contribution < 1.29 is 9.53 Å². The first-order chi connectivity index (χ1) is 10.3. The monoisotopic (exact) mass is 287 g/mol. The van der Waals surface area contributed by atoms with Crippen molar-refractivity contribution in [3.63, 3.8) is 0 Å². The first-order valence-corrected chi connectivity index (χ1v) is 7.22. The van der Waals surface area contributed by atoms with E-state index in [9.17, 15) is 4.79 Å². The van der Waals surface area contributed by atoms with E-state index in [-0.39, 0.29) is 5.91 Å². The fraction of sp³-hybridized carbons (Fsp3) is 0.375. The molecule has 0 saturated heterocycles. The maximum absolute atomic E-state index is 11.6. The van der Waals surface area contributed by atoms with E-state index in [1.165, 1.54) is 0 Å². The summed E-state index contributed by atoms with van der Waals surface area (Å²) in [4.78, 5) is 11.6. The lowest BCUT2D eigenvalue weighted by Gasteiger charge is -2.06. The summed E-state index contributed by atoms with van der Waals surface area (Å²) in [6, 6.07) is 9.96. The number of carbonyl (C=O) groups is 1. The molecule has 5 heteroatoms. The van der Waals surface area contributed by atoms with E-state index in [2.05, 4.69) is 15.5 Å². The smallest absolute Gasteiger partial charge is 0.222 e. The second-order valence-corrected chi connectivity index (χ2v) is 4.81. The quantitative estimate of drug-likeness (QED) is 0.733. The largest absolute Gasteiger partial charge is 0.381 e. The van der Waals surface area contributed by atoms with Crippen molar-refractivity contribution in [2.24, 2.45) is 0 Å². The molecule has 0 atom stereocenters. The standard InChI is InChI=1S/C16H21N3O2/c1-2-10-21-11-8-16(20)17-12-13-3-5-14(6-4-13)15-7-9-18-19-15/h3-7,9H,2,8,10-12H2,1H3,(H,17,20)(H,18,19). The summed E-state index contributed by atoms with van der Waals surface area (Å²) in [6.07, 6.45) is 3.11. The molecule has 0 spiro atoms. The van der Waals surface area contributed by atoms with Crippen molar-refractivity contribution in [1.82, 2.24) is 15.5 Å². The minimum atomic E-state index is 0.0174. The maximum atomic E-state index is 11.6. The van der Waals surface area contributed by atoms with E-state index in [1.54, 1.807) is 6.20 Å². The van der Waals surface area contributed by atoms with Crippen LogP contribution in [0, 0.1) is 0 Å². The molecule has 0 aliphatic rings. The van der Waals surface area contributed by atoms with Crippen molar-refractivity contribution in [3.8, 4) is 11.3 Å². The molecule has 0 aliphatic heterocycles. The molecule has 0 aliphatic carbocycles. The summed E-state index contributed by atoms with van der Waals surface area (Å²) in [5, 5.41) is 9.74. The van der Waals surface area contributed by atoms with Crippen LogP contribution in [0.2, 0.25) is 0 Å². The number of nitrogens with zero attached hydrogens (tertiary/aromatic N) is 1. The molecule has 0 fully saturated rings. The summed E-state index contributed by atoms with van der Waals surface area (Å²) in [5.74, 6) is 0.0174. The Morgan fingerprint density at radius 2 is 2.05 bits per heavy atom. The molecule has 1 amide bonds. The molecule has 0 saturated carbocycles. The summed E-state index contributed by atoms with van der Waals surface area (Å²) in [6.45, 7) is 3.78. The van der Waals surface area contributed by atoms with Gasteiger partial charge in [-0.05, 0) is 23.6 Å². The number of aromatic nitrogens is 2. The fourth-order valence-electron chi connectivity index (χ4n) is 1.92. The minimum Gasteiger partial charge on any atom is -0.381 e. The second-order valence-electron chi connectivity index (χ2n) is 4.81. The molecular formula is C16H21N3O2. The van der Waals surface area contributed by atoms with Gasteiger partial charge in [0.25, 0.3) is 0 Å². The van der Waals surface area contributed by atoms with Gasteiger partial charge in [0.1, 0.15) is 0 Å². The van der Waals surface area contributed by atoms with E-state index in [0.29, 0.717) is 26.2 Å². The van der Waals surface area contributed by atoms with Crippen molar-refractivity contribution in [3.05, 3.63) is 42.1 Å². The number of benzene rings is 1. The van der Waals surface area contributed by atoms with Crippen LogP contribution in [0.3, 0.4) is 0 Å². The maximum Gasteiger partial charge on any atom is 0.222 e. The van der Waals surface area contributed by atoms with Gasteiger partial charge in [0, 0.05) is 25.8 Å². The van der Waals surface area contributed by atoms with Crippen LogP contribution in [0.15, 0.2) is 36.5 Å². The van der Waals surface area contributed by atoms with Crippen LogP contribution in [-0.2, 0) is 16.1 Å². The molecule has 2 N–H and O–H groups in total. The van der Waals surface area contributed by atoms with E-state index in [0.717, 1.165) is 23.2 Å². The molecule has 1 aromatic carbocycles. The molecule has 2 rings (SSSR count). The lowest BCUT2D eigenvalue weighted by atomic mass is 10.1. The van der Waals surface area contributed by atoms with Crippen LogP contribution in [0.4, 0.5) is 0 Å². The number of aromatic amines is 1. The Bertz CT molecular complexity index is 535. The summed E-state index contributed by atoms with van der Waals surface area (Å²) >= 11 is 0. The zero-order valence-electron chi connectivity index (χ0n) is 12.3. The lowest BCUT2D eigenvalue weighted by molar-refractivity contribution is -0.122. The minimum absolute atomic E-state index is 0.0174. The summed E-state index contributed by atoms with van der Waals surface area (Å²) in [7, 11) is 0. The van der Waals surface area contributed by atoms with Gasteiger partial charge in [-0.15, -0.1) is 0 Å².